The number of hydrogen-bond acceptors (Lipinski definition) is 4. The van der Waals surface area contributed by atoms with Gasteiger partial charge in [-0.3, -0.25) is 0 Å². The number of ether oxygens (including phenoxy) is 3. The van der Waals surface area contributed by atoms with E-state index in [2.05, 4.69) is 0 Å². The SMILES string of the molecule is COc1cccc(COCc2cc(CN)ccc2OC)c1. The molecular formula is C17H21NO3. The van der Waals surface area contributed by atoms with Gasteiger partial charge in [-0.1, -0.05) is 18.2 Å². The van der Waals surface area contributed by atoms with Crippen LogP contribution < -0.4 is 15.2 Å². The highest BCUT2D eigenvalue weighted by Crippen LogP contribution is 2.21. The molecule has 2 aromatic rings. The lowest BCUT2D eigenvalue weighted by atomic mass is 10.1. The molecule has 2 rings (SSSR count). The molecule has 0 radical (unpaired) electrons. The molecule has 0 saturated heterocycles. The van der Waals surface area contributed by atoms with Gasteiger partial charge >= 0.3 is 0 Å². The Balaban J connectivity index is 1.99. The van der Waals surface area contributed by atoms with Crippen molar-refractivity contribution in [3.8, 4) is 11.5 Å². The zero-order chi connectivity index (χ0) is 15.1. The van der Waals surface area contributed by atoms with E-state index in [0.29, 0.717) is 19.8 Å². The summed E-state index contributed by atoms with van der Waals surface area (Å²) < 4.78 is 16.3. The van der Waals surface area contributed by atoms with Gasteiger partial charge in [-0.25, -0.2) is 0 Å². The van der Waals surface area contributed by atoms with E-state index in [4.69, 9.17) is 19.9 Å². The first-order valence-electron chi connectivity index (χ1n) is 6.83. The third-order valence-corrected chi connectivity index (χ3v) is 3.24. The first-order chi connectivity index (χ1) is 10.3. The summed E-state index contributed by atoms with van der Waals surface area (Å²) in [4.78, 5) is 0. The van der Waals surface area contributed by atoms with Gasteiger partial charge in [0.25, 0.3) is 0 Å². The van der Waals surface area contributed by atoms with Crippen LogP contribution in [0.4, 0.5) is 0 Å². The van der Waals surface area contributed by atoms with Crippen LogP contribution in [0.1, 0.15) is 16.7 Å². The van der Waals surface area contributed by atoms with E-state index in [1.165, 1.54) is 0 Å². The molecule has 0 spiro atoms. The maximum Gasteiger partial charge on any atom is 0.124 e. The van der Waals surface area contributed by atoms with Crippen LogP contribution in [-0.4, -0.2) is 14.2 Å². The van der Waals surface area contributed by atoms with Crippen molar-refractivity contribution in [3.05, 3.63) is 59.2 Å². The molecule has 0 saturated carbocycles. The van der Waals surface area contributed by atoms with E-state index in [9.17, 15) is 0 Å². The van der Waals surface area contributed by atoms with Crippen LogP contribution in [0.25, 0.3) is 0 Å². The van der Waals surface area contributed by atoms with E-state index < -0.39 is 0 Å². The van der Waals surface area contributed by atoms with E-state index >= 15 is 0 Å². The molecule has 0 bridgehead atoms. The number of hydrogen-bond donors (Lipinski definition) is 1. The fourth-order valence-electron chi connectivity index (χ4n) is 2.11. The van der Waals surface area contributed by atoms with E-state index in [0.717, 1.165) is 28.2 Å². The molecule has 4 nitrogen and oxygen atoms in total. The average molecular weight is 287 g/mol. The molecule has 0 atom stereocenters. The van der Waals surface area contributed by atoms with Gasteiger partial charge in [0, 0.05) is 12.1 Å². The van der Waals surface area contributed by atoms with E-state index in [1.807, 2.05) is 42.5 Å². The smallest absolute Gasteiger partial charge is 0.124 e. The number of rotatable bonds is 7. The molecule has 2 aromatic carbocycles. The number of nitrogens with two attached hydrogens (primary N) is 1. The summed E-state index contributed by atoms with van der Waals surface area (Å²) in [7, 11) is 3.31. The Bertz CT molecular complexity index is 584. The van der Waals surface area contributed by atoms with Crippen molar-refractivity contribution >= 4 is 0 Å². The molecule has 4 heteroatoms. The lowest BCUT2D eigenvalue weighted by Crippen LogP contribution is -2.01. The Morgan fingerprint density at radius 1 is 0.905 bits per heavy atom. The van der Waals surface area contributed by atoms with Gasteiger partial charge < -0.3 is 19.9 Å². The Morgan fingerprint density at radius 3 is 2.48 bits per heavy atom. The topological polar surface area (TPSA) is 53.7 Å². The van der Waals surface area contributed by atoms with Crippen molar-refractivity contribution in [1.82, 2.24) is 0 Å². The first kappa shape index (κ1) is 15.4. The monoisotopic (exact) mass is 287 g/mol. The molecule has 0 aliphatic rings. The quantitative estimate of drug-likeness (QED) is 0.850. The van der Waals surface area contributed by atoms with Crippen LogP contribution in [0, 0.1) is 0 Å². The fourth-order valence-corrected chi connectivity index (χ4v) is 2.11. The second kappa shape index (κ2) is 7.67. The number of methoxy groups -OCH3 is 2. The summed E-state index contributed by atoms with van der Waals surface area (Å²) in [5, 5.41) is 0. The Kier molecular flexibility index (Phi) is 5.60. The third-order valence-electron chi connectivity index (χ3n) is 3.24. The molecule has 0 aliphatic carbocycles. The molecule has 21 heavy (non-hydrogen) atoms. The molecule has 112 valence electrons. The van der Waals surface area contributed by atoms with Gasteiger partial charge in [0.1, 0.15) is 11.5 Å². The van der Waals surface area contributed by atoms with Crippen LogP contribution in [0.15, 0.2) is 42.5 Å². The lowest BCUT2D eigenvalue weighted by molar-refractivity contribution is 0.105. The molecule has 0 amide bonds. The lowest BCUT2D eigenvalue weighted by Gasteiger charge is -2.11. The number of benzene rings is 2. The zero-order valence-corrected chi connectivity index (χ0v) is 12.5. The van der Waals surface area contributed by atoms with Crippen LogP contribution >= 0.6 is 0 Å². The minimum absolute atomic E-state index is 0.480. The Labute approximate surface area is 125 Å². The van der Waals surface area contributed by atoms with Crippen molar-refractivity contribution in [3.63, 3.8) is 0 Å². The van der Waals surface area contributed by atoms with Crippen LogP contribution in [-0.2, 0) is 24.5 Å². The standard InChI is InChI=1S/C17H21NO3/c1-19-16-5-3-4-14(9-16)11-21-12-15-8-13(10-18)6-7-17(15)20-2/h3-9H,10-12,18H2,1-2H3. The summed E-state index contributed by atoms with van der Waals surface area (Å²) in [6.45, 7) is 1.51. The van der Waals surface area contributed by atoms with Gasteiger partial charge in [-0.05, 0) is 35.4 Å². The molecule has 0 heterocycles. The van der Waals surface area contributed by atoms with Crippen LogP contribution in [0.2, 0.25) is 0 Å². The molecule has 0 aromatic heterocycles. The maximum atomic E-state index is 5.77. The fraction of sp³-hybridized carbons (Fsp3) is 0.294. The second-order valence-corrected chi connectivity index (χ2v) is 4.69. The van der Waals surface area contributed by atoms with Crippen LogP contribution in [0.3, 0.4) is 0 Å². The highest BCUT2D eigenvalue weighted by atomic mass is 16.5. The Hall–Kier alpha value is -2.04. The zero-order valence-electron chi connectivity index (χ0n) is 12.5. The van der Waals surface area contributed by atoms with Crippen LogP contribution in [0.5, 0.6) is 11.5 Å². The van der Waals surface area contributed by atoms with Crippen molar-refractivity contribution in [1.29, 1.82) is 0 Å². The van der Waals surface area contributed by atoms with Gasteiger partial charge in [0.15, 0.2) is 0 Å². The summed E-state index contributed by atoms with van der Waals surface area (Å²) >= 11 is 0. The van der Waals surface area contributed by atoms with E-state index in [1.54, 1.807) is 14.2 Å². The summed E-state index contributed by atoms with van der Waals surface area (Å²) in [5.41, 5.74) is 8.81. The summed E-state index contributed by atoms with van der Waals surface area (Å²) in [6.07, 6.45) is 0. The van der Waals surface area contributed by atoms with Gasteiger partial charge in [0.05, 0.1) is 27.4 Å². The molecule has 0 fully saturated rings. The average Bonchev–Trinajstić information content (AvgIpc) is 2.55. The van der Waals surface area contributed by atoms with Gasteiger partial charge in [-0.15, -0.1) is 0 Å². The van der Waals surface area contributed by atoms with Crippen molar-refractivity contribution < 1.29 is 14.2 Å². The third kappa shape index (κ3) is 4.21. The molecular weight excluding hydrogens is 266 g/mol. The molecule has 2 N–H and O–H groups in total. The normalized spacial score (nSPS) is 10.4. The maximum absolute atomic E-state index is 5.77. The predicted molar refractivity (Wildman–Crippen MR) is 82.4 cm³/mol. The van der Waals surface area contributed by atoms with Crippen molar-refractivity contribution in [2.24, 2.45) is 5.73 Å². The molecule has 0 aliphatic heterocycles. The highest BCUT2D eigenvalue weighted by molar-refractivity contribution is 5.37. The largest absolute Gasteiger partial charge is 0.497 e. The van der Waals surface area contributed by atoms with E-state index in [-0.39, 0.29) is 0 Å². The predicted octanol–water partition coefficient (Wildman–Crippen LogP) is 2.88. The first-order valence-corrected chi connectivity index (χ1v) is 6.83. The summed E-state index contributed by atoms with van der Waals surface area (Å²) in [6, 6.07) is 13.7. The van der Waals surface area contributed by atoms with Crippen molar-refractivity contribution in [2.45, 2.75) is 19.8 Å². The second-order valence-electron chi connectivity index (χ2n) is 4.69. The minimum Gasteiger partial charge on any atom is -0.497 e. The summed E-state index contributed by atoms with van der Waals surface area (Å²) in [5.74, 6) is 1.65. The highest BCUT2D eigenvalue weighted by Gasteiger charge is 2.05. The molecule has 0 unspecified atom stereocenters. The van der Waals surface area contributed by atoms with Gasteiger partial charge in [-0.2, -0.15) is 0 Å². The van der Waals surface area contributed by atoms with Gasteiger partial charge in [0.2, 0.25) is 0 Å². The minimum atomic E-state index is 0.480. The van der Waals surface area contributed by atoms with Crippen molar-refractivity contribution in [2.75, 3.05) is 14.2 Å². The Morgan fingerprint density at radius 2 is 1.76 bits per heavy atom.